The Morgan fingerprint density at radius 1 is 1.31 bits per heavy atom. The van der Waals surface area contributed by atoms with Gasteiger partial charge in [0.15, 0.2) is 5.96 Å². The lowest BCUT2D eigenvalue weighted by Gasteiger charge is -2.31. The summed E-state index contributed by atoms with van der Waals surface area (Å²) in [6.45, 7) is 10.5. The average molecular weight is 227 g/mol. The van der Waals surface area contributed by atoms with Crippen molar-refractivity contribution >= 4 is 5.96 Å². The number of hydrogen-bond acceptors (Lipinski definition) is 3. The number of nitrogens with two attached hydrogens (primary N) is 1. The Morgan fingerprint density at radius 2 is 1.94 bits per heavy atom. The molecular weight excluding hydrogens is 202 g/mol. The maximum absolute atomic E-state index is 5.72. The number of nitrogens with one attached hydrogen (secondary N) is 1. The van der Waals surface area contributed by atoms with E-state index >= 15 is 0 Å². The minimum absolute atomic E-state index is 0.354. The summed E-state index contributed by atoms with van der Waals surface area (Å²) in [6.07, 6.45) is 0. The van der Waals surface area contributed by atoms with E-state index in [2.05, 4.69) is 41.0 Å². The largest absolute Gasteiger partial charge is 0.370 e. The summed E-state index contributed by atoms with van der Waals surface area (Å²) >= 11 is 0. The van der Waals surface area contributed by atoms with E-state index in [4.69, 9.17) is 5.73 Å². The van der Waals surface area contributed by atoms with Gasteiger partial charge in [0.25, 0.3) is 0 Å². The van der Waals surface area contributed by atoms with Crippen LogP contribution in [0.3, 0.4) is 0 Å². The Balaban J connectivity index is 2.15. The number of piperazine rings is 1. The average Bonchev–Trinajstić information content (AvgIpc) is 2.20. The predicted octanol–water partition coefficient (Wildman–Crippen LogP) is -0.453. The van der Waals surface area contributed by atoms with Crippen LogP contribution < -0.4 is 11.1 Å². The van der Waals surface area contributed by atoms with Gasteiger partial charge in [0.1, 0.15) is 0 Å². The van der Waals surface area contributed by atoms with Gasteiger partial charge in [0.05, 0.1) is 6.54 Å². The highest BCUT2D eigenvalue weighted by Gasteiger charge is 2.12. The Hall–Kier alpha value is -0.810. The topological polar surface area (TPSA) is 56.9 Å². The van der Waals surface area contributed by atoms with Crippen LogP contribution in [0, 0.1) is 0 Å². The van der Waals surface area contributed by atoms with Crippen LogP contribution in [-0.4, -0.2) is 68.1 Å². The molecule has 5 nitrogen and oxygen atoms in total. The van der Waals surface area contributed by atoms with Gasteiger partial charge in [-0.05, 0) is 20.9 Å². The van der Waals surface area contributed by atoms with E-state index in [1.54, 1.807) is 0 Å². The molecule has 1 aliphatic rings. The van der Waals surface area contributed by atoms with Crippen molar-refractivity contribution in [1.82, 2.24) is 15.1 Å². The number of nitrogens with zero attached hydrogens (tertiary/aromatic N) is 3. The van der Waals surface area contributed by atoms with Crippen molar-refractivity contribution in [2.45, 2.75) is 19.9 Å². The fourth-order valence-electron chi connectivity index (χ4n) is 1.72. The Morgan fingerprint density at radius 3 is 2.50 bits per heavy atom. The third kappa shape index (κ3) is 5.32. The van der Waals surface area contributed by atoms with Gasteiger partial charge in [0.2, 0.25) is 0 Å². The van der Waals surface area contributed by atoms with Gasteiger partial charge < -0.3 is 16.0 Å². The molecule has 16 heavy (non-hydrogen) atoms. The molecule has 0 bridgehead atoms. The standard InChI is InChI=1S/C11H25N5/c1-10(2)14-11(12)13-4-5-16-8-6-15(3)7-9-16/h10H,4-9H2,1-3H3,(H3,12,13,14). The normalized spacial score (nSPS) is 20.4. The van der Waals surface area contributed by atoms with Crippen molar-refractivity contribution in [3.05, 3.63) is 0 Å². The van der Waals surface area contributed by atoms with Gasteiger partial charge in [0, 0.05) is 38.8 Å². The second kappa shape index (κ2) is 6.70. The summed E-state index contributed by atoms with van der Waals surface area (Å²) in [5.41, 5.74) is 5.72. The van der Waals surface area contributed by atoms with Gasteiger partial charge in [-0.15, -0.1) is 0 Å². The van der Waals surface area contributed by atoms with E-state index in [0.717, 1.165) is 39.3 Å². The molecule has 3 N–H and O–H groups in total. The first-order valence-corrected chi connectivity index (χ1v) is 6.05. The lowest BCUT2D eigenvalue weighted by molar-refractivity contribution is 0.157. The van der Waals surface area contributed by atoms with Crippen LogP contribution in [0.5, 0.6) is 0 Å². The van der Waals surface area contributed by atoms with Crippen LogP contribution in [0.25, 0.3) is 0 Å². The Labute approximate surface area is 98.7 Å². The molecule has 1 heterocycles. The van der Waals surface area contributed by atoms with E-state index in [9.17, 15) is 0 Å². The van der Waals surface area contributed by atoms with E-state index in [1.165, 1.54) is 0 Å². The maximum Gasteiger partial charge on any atom is 0.188 e. The zero-order valence-corrected chi connectivity index (χ0v) is 10.7. The van der Waals surface area contributed by atoms with Gasteiger partial charge in [-0.25, -0.2) is 0 Å². The lowest BCUT2D eigenvalue weighted by Crippen LogP contribution is -2.45. The number of aliphatic imine (C=N–C) groups is 1. The fraction of sp³-hybridized carbons (Fsp3) is 0.909. The van der Waals surface area contributed by atoms with E-state index < -0.39 is 0 Å². The SMILES string of the molecule is CC(C)NC(N)=NCCN1CCN(C)CC1. The van der Waals surface area contributed by atoms with Crippen LogP contribution in [0.1, 0.15) is 13.8 Å². The van der Waals surface area contributed by atoms with E-state index in [0.29, 0.717) is 12.0 Å². The minimum Gasteiger partial charge on any atom is -0.370 e. The summed E-state index contributed by atoms with van der Waals surface area (Å²) < 4.78 is 0. The number of guanidine groups is 1. The third-order valence-electron chi connectivity index (χ3n) is 2.73. The quantitative estimate of drug-likeness (QED) is 0.504. The van der Waals surface area contributed by atoms with Crippen molar-refractivity contribution in [1.29, 1.82) is 0 Å². The van der Waals surface area contributed by atoms with Gasteiger partial charge in [-0.2, -0.15) is 0 Å². The van der Waals surface area contributed by atoms with E-state index in [1.807, 2.05) is 0 Å². The van der Waals surface area contributed by atoms with Crippen molar-refractivity contribution in [3.8, 4) is 0 Å². The number of rotatable bonds is 4. The molecule has 0 amide bonds. The smallest absolute Gasteiger partial charge is 0.188 e. The summed E-state index contributed by atoms with van der Waals surface area (Å²) in [5, 5.41) is 3.09. The highest BCUT2D eigenvalue weighted by Crippen LogP contribution is 1.97. The van der Waals surface area contributed by atoms with Crippen LogP contribution >= 0.6 is 0 Å². The number of likely N-dealkylation sites (N-methyl/N-ethyl adjacent to an activating group) is 1. The highest BCUT2D eigenvalue weighted by atomic mass is 15.2. The molecule has 1 rings (SSSR count). The first kappa shape index (κ1) is 13.3. The molecule has 0 aromatic carbocycles. The van der Waals surface area contributed by atoms with Crippen molar-refractivity contribution in [2.75, 3.05) is 46.3 Å². The highest BCUT2D eigenvalue weighted by molar-refractivity contribution is 5.78. The molecule has 0 aliphatic carbocycles. The molecule has 0 atom stereocenters. The summed E-state index contributed by atoms with van der Waals surface area (Å²) in [7, 11) is 2.17. The molecule has 0 radical (unpaired) electrons. The predicted molar refractivity (Wildman–Crippen MR) is 68.7 cm³/mol. The summed E-state index contributed by atoms with van der Waals surface area (Å²) in [5.74, 6) is 0.559. The van der Waals surface area contributed by atoms with Crippen molar-refractivity contribution < 1.29 is 0 Å². The van der Waals surface area contributed by atoms with Crippen molar-refractivity contribution in [3.63, 3.8) is 0 Å². The Kier molecular flexibility index (Phi) is 5.55. The van der Waals surface area contributed by atoms with Gasteiger partial charge in [-0.1, -0.05) is 0 Å². The van der Waals surface area contributed by atoms with Crippen LogP contribution in [-0.2, 0) is 0 Å². The molecule has 1 aliphatic heterocycles. The van der Waals surface area contributed by atoms with Crippen molar-refractivity contribution in [2.24, 2.45) is 10.7 Å². The molecule has 1 fully saturated rings. The molecule has 0 aromatic heterocycles. The second-order valence-corrected chi connectivity index (χ2v) is 4.71. The molecule has 94 valence electrons. The zero-order valence-electron chi connectivity index (χ0n) is 10.7. The van der Waals surface area contributed by atoms with Crippen LogP contribution in [0.2, 0.25) is 0 Å². The van der Waals surface area contributed by atoms with Gasteiger partial charge in [-0.3, -0.25) is 9.89 Å². The minimum atomic E-state index is 0.354. The fourth-order valence-corrected chi connectivity index (χ4v) is 1.72. The first-order valence-electron chi connectivity index (χ1n) is 6.05. The molecule has 5 heteroatoms. The maximum atomic E-state index is 5.72. The van der Waals surface area contributed by atoms with Crippen LogP contribution in [0.15, 0.2) is 4.99 Å². The Bertz CT molecular complexity index is 218. The van der Waals surface area contributed by atoms with E-state index in [-0.39, 0.29) is 0 Å². The summed E-state index contributed by atoms with van der Waals surface area (Å²) in [6, 6.07) is 0.354. The monoisotopic (exact) mass is 227 g/mol. The molecule has 0 unspecified atom stereocenters. The number of hydrogen-bond donors (Lipinski definition) is 2. The first-order chi connectivity index (χ1) is 7.58. The van der Waals surface area contributed by atoms with Crippen LogP contribution in [0.4, 0.5) is 0 Å². The molecule has 0 saturated carbocycles. The zero-order chi connectivity index (χ0) is 12.0. The molecular formula is C11H25N5. The summed E-state index contributed by atoms with van der Waals surface area (Å²) in [4.78, 5) is 9.10. The molecule has 0 aromatic rings. The molecule has 0 spiro atoms. The molecule has 1 saturated heterocycles. The second-order valence-electron chi connectivity index (χ2n) is 4.71. The lowest BCUT2D eigenvalue weighted by atomic mass is 10.3. The third-order valence-corrected chi connectivity index (χ3v) is 2.73. The van der Waals surface area contributed by atoms with Gasteiger partial charge >= 0.3 is 0 Å².